The molecule has 302 valence electrons. The van der Waals surface area contributed by atoms with E-state index in [0.29, 0.717) is 11.8 Å². The molecule has 0 fully saturated rings. The summed E-state index contributed by atoms with van der Waals surface area (Å²) >= 11 is 12.5. The van der Waals surface area contributed by atoms with Gasteiger partial charge in [0, 0.05) is 10.0 Å². The fourth-order valence-electron chi connectivity index (χ4n) is 6.58. The quantitative estimate of drug-likeness (QED) is 0.151. The van der Waals surface area contributed by atoms with E-state index in [2.05, 4.69) is 144 Å². The molecule has 0 saturated carbocycles. The molecule has 0 radical (unpaired) electrons. The molecular weight excluding hydrogens is 870 g/mol. The number of benzene rings is 6. The van der Waals surface area contributed by atoms with Crippen LogP contribution in [0.15, 0.2) is 140 Å². The van der Waals surface area contributed by atoms with E-state index in [-0.39, 0.29) is 24.8 Å². The molecule has 0 spiro atoms. The first-order valence-electron chi connectivity index (χ1n) is 19.0. The molecule has 0 nitrogen and oxygen atoms in total. The van der Waals surface area contributed by atoms with Crippen LogP contribution in [0.3, 0.4) is 0 Å². The minimum absolute atomic E-state index is 0. The van der Waals surface area contributed by atoms with Crippen LogP contribution in [0.2, 0.25) is 10.0 Å². The molecule has 0 bridgehead atoms. The zero-order valence-corrected chi connectivity index (χ0v) is 39.9. The van der Waals surface area contributed by atoms with Crippen LogP contribution < -0.4 is 0 Å². The second-order valence-corrected chi connectivity index (χ2v) is 15.3. The molecule has 0 saturated heterocycles. The second-order valence-electron chi connectivity index (χ2n) is 14.5. The summed E-state index contributed by atoms with van der Waals surface area (Å²) in [7, 11) is 0. The van der Waals surface area contributed by atoms with Gasteiger partial charge in [-0.05, 0) is 73.3 Å². The Morgan fingerprint density at radius 3 is 1.66 bits per heavy atom. The summed E-state index contributed by atoms with van der Waals surface area (Å²) in [4.78, 5) is 0. The van der Waals surface area contributed by atoms with E-state index in [9.17, 15) is 0 Å². The van der Waals surface area contributed by atoms with Gasteiger partial charge >= 0.3 is 28.4 Å². The van der Waals surface area contributed by atoms with Crippen molar-refractivity contribution in [3.63, 3.8) is 0 Å². The first-order chi connectivity index (χ1) is 27.0. The van der Waals surface area contributed by atoms with Crippen molar-refractivity contribution in [1.29, 1.82) is 0 Å². The summed E-state index contributed by atoms with van der Waals surface area (Å²) in [5.41, 5.74) is 16.9. The number of hydrogen-bond donors (Lipinski definition) is 0. The maximum absolute atomic E-state index is 5.58. The predicted molar refractivity (Wildman–Crippen MR) is 256 cm³/mol. The Hall–Kier alpha value is -3.55. The van der Waals surface area contributed by atoms with Crippen LogP contribution in [-0.2, 0) is 37.1 Å². The van der Waals surface area contributed by atoms with Crippen molar-refractivity contribution in [2.24, 2.45) is 5.92 Å². The van der Waals surface area contributed by atoms with Crippen molar-refractivity contribution in [3.8, 4) is 22.3 Å². The Balaban J connectivity index is 0.000000376. The third-order valence-corrected chi connectivity index (χ3v) is 10.2. The minimum atomic E-state index is 0. The van der Waals surface area contributed by atoms with Crippen LogP contribution in [0.1, 0.15) is 76.3 Å². The summed E-state index contributed by atoms with van der Waals surface area (Å²) < 4.78 is 3.34. The topological polar surface area (TPSA) is 0 Å². The second kappa shape index (κ2) is 25.8. The van der Waals surface area contributed by atoms with Gasteiger partial charge in [0.05, 0.1) is 0 Å². The van der Waals surface area contributed by atoms with Gasteiger partial charge in [-0.1, -0.05) is 139 Å². The van der Waals surface area contributed by atoms with E-state index in [1.54, 1.807) is 0 Å². The van der Waals surface area contributed by atoms with Crippen LogP contribution in [0.4, 0.5) is 0 Å². The van der Waals surface area contributed by atoms with E-state index >= 15 is 0 Å². The van der Waals surface area contributed by atoms with Crippen LogP contribution in [0.25, 0.3) is 22.3 Å². The molecular formula is C53H54Cl4Zr-4. The Bertz CT molecular complexity index is 2090. The standard InChI is InChI=1S/C33H33.2C7H6Cl.C5H5.CH2.2ClH.Zr/c1-21(2)31(26-11-6-22(3)7-12-26)18-25-10-15-30-28(17-25)19-29-20-32(24(5)16-33(29)30)27-13-8-23(4)9-14-27;2*1-6-2-4-7(8)5-3-6;1-2-4-5-3-1;;;;/h6-16,20-21,31H,18-19H2,1-5H3;2*2-5H,1H2;1-3H,4H2;1H2;2*1H;/q4*-1;;;;. The fraction of sp³-hybridized carbons (Fsp3) is 0.189. The molecule has 6 aromatic rings. The molecule has 2 aliphatic rings. The van der Waals surface area contributed by atoms with Crippen molar-refractivity contribution >= 4 is 52.2 Å². The van der Waals surface area contributed by atoms with Crippen LogP contribution in [-0.4, -0.2) is 4.21 Å². The number of halogens is 4. The summed E-state index contributed by atoms with van der Waals surface area (Å²) in [6, 6.07) is 46.0. The van der Waals surface area contributed by atoms with Gasteiger partial charge in [-0.2, -0.15) is 79.1 Å². The molecule has 0 amide bonds. The summed E-state index contributed by atoms with van der Waals surface area (Å²) in [5, 5.41) is 1.52. The average molecular weight is 924 g/mol. The molecule has 1 unspecified atom stereocenters. The molecule has 8 rings (SSSR count). The fourth-order valence-corrected chi connectivity index (χ4v) is 6.83. The van der Waals surface area contributed by atoms with Crippen molar-refractivity contribution in [2.45, 2.75) is 59.8 Å². The van der Waals surface area contributed by atoms with Crippen molar-refractivity contribution in [3.05, 3.63) is 226 Å². The van der Waals surface area contributed by atoms with E-state index < -0.39 is 0 Å². The Labute approximate surface area is 387 Å². The van der Waals surface area contributed by atoms with Gasteiger partial charge < -0.3 is 0 Å². The van der Waals surface area contributed by atoms with Gasteiger partial charge in [0.2, 0.25) is 0 Å². The number of fused-ring (bicyclic) bond motifs is 3. The monoisotopic (exact) mass is 920 g/mol. The van der Waals surface area contributed by atoms with Crippen molar-refractivity contribution in [1.82, 2.24) is 0 Å². The van der Waals surface area contributed by atoms with Gasteiger partial charge in [0.1, 0.15) is 0 Å². The van der Waals surface area contributed by atoms with Gasteiger partial charge in [0.25, 0.3) is 0 Å². The van der Waals surface area contributed by atoms with Gasteiger partial charge in [-0.3, -0.25) is 6.08 Å². The normalized spacial score (nSPS) is 11.6. The molecule has 0 aliphatic heterocycles. The van der Waals surface area contributed by atoms with E-state index in [4.69, 9.17) is 23.2 Å². The van der Waals surface area contributed by atoms with E-state index in [1.807, 2.05) is 60.7 Å². The zero-order chi connectivity index (χ0) is 40.6. The number of hydrogen-bond acceptors (Lipinski definition) is 0. The number of rotatable bonds is 5. The van der Waals surface area contributed by atoms with Crippen LogP contribution in [0.5, 0.6) is 0 Å². The summed E-state index contributed by atoms with van der Waals surface area (Å²) in [6.07, 6.45) is 12.0. The Morgan fingerprint density at radius 1 is 0.672 bits per heavy atom. The van der Waals surface area contributed by atoms with Crippen molar-refractivity contribution < 1.29 is 24.2 Å². The predicted octanol–water partition coefficient (Wildman–Crippen LogP) is 15.8. The Morgan fingerprint density at radius 2 is 1.21 bits per heavy atom. The SMILES string of the molecule is Cc1ccc(-c2cc3c(cc2C)-c2ccc(CC(c4ccc(C)cc4)C(C)C)[c-]c2C3)cc1.Cl.Cl.[C-]1=CC=CC1.[CH2-]c1ccc(Cl)cc1.[CH2-]c1ccc(Cl)cc1.[CH2]=[Zr]. The first kappa shape index (κ1) is 50.6. The van der Waals surface area contributed by atoms with Gasteiger partial charge in [-0.25, -0.2) is 12.2 Å². The van der Waals surface area contributed by atoms with Gasteiger partial charge in [-0.15, -0.1) is 42.4 Å². The van der Waals surface area contributed by atoms with Crippen LogP contribution >= 0.6 is 48.0 Å². The van der Waals surface area contributed by atoms with Crippen molar-refractivity contribution in [2.75, 3.05) is 0 Å². The van der Waals surface area contributed by atoms with E-state index in [0.717, 1.165) is 40.4 Å². The number of allylic oxidation sites excluding steroid dienone is 4. The third kappa shape index (κ3) is 15.6. The summed E-state index contributed by atoms with van der Waals surface area (Å²) in [6.45, 7) is 18.6. The first-order valence-corrected chi connectivity index (χ1v) is 21.5. The van der Waals surface area contributed by atoms with E-state index in [1.165, 1.54) is 85.4 Å². The molecule has 0 N–H and O–H groups in total. The van der Waals surface area contributed by atoms with Crippen LogP contribution in [0, 0.1) is 52.7 Å². The molecule has 58 heavy (non-hydrogen) atoms. The molecule has 5 heteroatoms. The molecule has 6 aromatic carbocycles. The molecule has 2 aliphatic carbocycles. The molecule has 0 aromatic heterocycles. The Kier molecular flexibility index (Phi) is 22.5. The summed E-state index contributed by atoms with van der Waals surface area (Å²) in [5.74, 6) is 1.10. The average Bonchev–Trinajstić information content (AvgIpc) is 3.90. The number of aryl methyl sites for hydroxylation is 3. The molecule has 1 atom stereocenters. The van der Waals surface area contributed by atoms with Gasteiger partial charge in [0.15, 0.2) is 0 Å². The third-order valence-electron chi connectivity index (χ3n) is 9.72. The maximum atomic E-state index is 5.58. The zero-order valence-electron chi connectivity index (χ0n) is 34.2. The molecule has 0 heterocycles.